The molecule has 11 rings (SSSR count). The first-order chi connectivity index (χ1) is 27.0. The predicted octanol–water partition coefficient (Wildman–Crippen LogP) is 12.6. The highest BCUT2D eigenvalue weighted by Gasteiger charge is 2.42. The highest BCUT2D eigenvalue weighted by atomic mass is 28.3. The van der Waals surface area contributed by atoms with Gasteiger partial charge in [0, 0.05) is 22.0 Å². The third-order valence-corrected chi connectivity index (χ3v) is 15.1. The summed E-state index contributed by atoms with van der Waals surface area (Å²) in [6, 6.07) is 66.2. The fraction of sp³-hybridized carbons (Fsp3) is 0.0385. The lowest BCUT2D eigenvalue weighted by atomic mass is 9.91. The van der Waals surface area contributed by atoms with Crippen LogP contribution in [0.5, 0.6) is 0 Å². The number of aromatic nitrogens is 2. The van der Waals surface area contributed by atoms with E-state index in [1.54, 1.807) is 0 Å². The molecule has 0 atom stereocenters. The molecule has 0 radical (unpaired) electrons. The quantitative estimate of drug-likeness (QED) is 0.134. The van der Waals surface area contributed by atoms with Crippen molar-refractivity contribution in [3.8, 4) is 56.0 Å². The Morgan fingerprint density at radius 1 is 0.345 bits per heavy atom. The molecule has 2 nitrogen and oxygen atoms in total. The topological polar surface area (TPSA) is 25.8 Å². The van der Waals surface area contributed by atoms with Gasteiger partial charge in [-0.05, 0) is 94.3 Å². The number of nitrogens with zero attached hydrogens (tertiary/aromatic N) is 2. The second kappa shape index (κ2) is 12.2. The fourth-order valence-electron chi connectivity index (χ4n) is 9.08. The van der Waals surface area contributed by atoms with Gasteiger partial charge in [-0.15, -0.1) is 0 Å². The zero-order valence-electron chi connectivity index (χ0n) is 30.7. The second-order valence-corrected chi connectivity index (χ2v) is 19.6. The Hall–Kier alpha value is -6.68. The van der Waals surface area contributed by atoms with Gasteiger partial charge < -0.3 is 0 Å². The fourth-order valence-corrected chi connectivity index (χ4v) is 12.0. The molecule has 0 aliphatic carbocycles. The Labute approximate surface area is 321 Å². The number of hydrogen-bond donors (Lipinski definition) is 0. The van der Waals surface area contributed by atoms with Gasteiger partial charge in [0.15, 0.2) is 5.82 Å². The van der Waals surface area contributed by atoms with Crippen molar-refractivity contribution in [1.82, 2.24) is 9.97 Å². The summed E-state index contributed by atoms with van der Waals surface area (Å²) >= 11 is 0. The molecule has 3 heteroatoms. The van der Waals surface area contributed by atoms with E-state index < -0.39 is 8.07 Å². The van der Waals surface area contributed by atoms with Crippen LogP contribution in [-0.4, -0.2) is 18.0 Å². The first-order valence-corrected chi connectivity index (χ1v) is 22.1. The van der Waals surface area contributed by atoms with Crippen LogP contribution in [0, 0.1) is 0 Å². The lowest BCUT2D eigenvalue weighted by molar-refractivity contribution is 1.21. The average molecular weight is 717 g/mol. The largest absolute Gasteiger partial charge is 0.237 e. The lowest BCUT2D eigenvalue weighted by Gasteiger charge is -2.19. The molecule has 0 bridgehead atoms. The van der Waals surface area contributed by atoms with E-state index in [1.165, 1.54) is 81.4 Å². The minimum atomic E-state index is -2.15. The summed E-state index contributed by atoms with van der Waals surface area (Å²) in [7, 11) is -2.15. The molecule has 1 aromatic heterocycles. The maximum Gasteiger partial charge on any atom is 0.159 e. The van der Waals surface area contributed by atoms with E-state index in [0.717, 1.165) is 28.2 Å². The van der Waals surface area contributed by atoms with Gasteiger partial charge in [-0.1, -0.05) is 177 Å². The number of benzene rings is 9. The Bertz CT molecular complexity index is 3150. The Morgan fingerprint density at radius 2 is 0.855 bits per heavy atom. The molecule has 1 aliphatic heterocycles. The highest BCUT2D eigenvalue weighted by Crippen LogP contribution is 2.41. The summed E-state index contributed by atoms with van der Waals surface area (Å²) in [6.45, 7) is 4.88. The van der Waals surface area contributed by atoms with Crippen molar-refractivity contribution >= 4 is 61.7 Å². The van der Waals surface area contributed by atoms with Crippen molar-refractivity contribution in [2.45, 2.75) is 13.1 Å². The van der Waals surface area contributed by atoms with E-state index in [9.17, 15) is 0 Å². The number of rotatable bonds is 4. The lowest BCUT2D eigenvalue weighted by Crippen LogP contribution is -2.50. The van der Waals surface area contributed by atoms with Crippen molar-refractivity contribution in [1.29, 1.82) is 0 Å². The van der Waals surface area contributed by atoms with Gasteiger partial charge in [-0.2, -0.15) is 0 Å². The third kappa shape index (κ3) is 4.94. The first kappa shape index (κ1) is 31.8. The molecule has 258 valence electrons. The minimum Gasteiger partial charge on any atom is -0.237 e. The first-order valence-electron chi connectivity index (χ1n) is 19.1. The Kier molecular flexibility index (Phi) is 7.04. The summed E-state index contributed by atoms with van der Waals surface area (Å²) in [4.78, 5) is 11.0. The minimum absolute atomic E-state index is 0.780. The summed E-state index contributed by atoms with van der Waals surface area (Å²) in [5, 5.41) is 12.9. The van der Waals surface area contributed by atoms with E-state index in [0.29, 0.717) is 0 Å². The molecule has 0 spiro atoms. The summed E-state index contributed by atoms with van der Waals surface area (Å²) in [5.41, 5.74) is 10.4. The van der Waals surface area contributed by atoms with Gasteiger partial charge in [0.25, 0.3) is 0 Å². The summed E-state index contributed by atoms with van der Waals surface area (Å²) < 4.78 is 0. The van der Waals surface area contributed by atoms with E-state index in [4.69, 9.17) is 9.97 Å². The van der Waals surface area contributed by atoms with Crippen LogP contribution in [0.4, 0.5) is 0 Å². The molecule has 0 unspecified atom stereocenters. The van der Waals surface area contributed by atoms with Crippen LogP contribution in [-0.2, 0) is 0 Å². The van der Waals surface area contributed by atoms with Crippen LogP contribution >= 0.6 is 0 Å². The van der Waals surface area contributed by atoms with Gasteiger partial charge in [0.2, 0.25) is 0 Å². The van der Waals surface area contributed by atoms with E-state index >= 15 is 0 Å². The van der Waals surface area contributed by atoms with E-state index in [2.05, 4.69) is 195 Å². The second-order valence-electron chi connectivity index (χ2n) is 15.3. The maximum atomic E-state index is 5.51. The van der Waals surface area contributed by atoms with Crippen LogP contribution in [0.1, 0.15) is 0 Å². The molecule has 0 saturated carbocycles. The standard InChI is InChI=1S/C52H36N2Si/c1-55(2)47-29-27-33-14-6-7-21-40(33)48(47)49-50(34-15-4-3-5-16-34)53-51(54-52(49)55)39-20-13-19-37(31-39)35-17-12-18-36(30-35)38-26-28-45-43-24-9-8-22-41(43)42-23-10-11-25-44(42)46(45)32-38/h3-32H,1-2H3. The predicted molar refractivity (Wildman–Crippen MR) is 236 cm³/mol. The van der Waals surface area contributed by atoms with E-state index in [-0.39, 0.29) is 0 Å². The molecule has 55 heavy (non-hydrogen) atoms. The van der Waals surface area contributed by atoms with Crippen molar-refractivity contribution < 1.29 is 0 Å². The monoisotopic (exact) mass is 716 g/mol. The van der Waals surface area contributed by atoms with Gasteiger partial charge >= 0.3 is 0 Å². The molecule has 0 saturated heterocycles. The molecule has 1 aliphatic rings. The van der Waals surface area contributed by atoms with Gasteiger partial charge in [-0.25, -0.2) is 9.97 Å². The summed E-state index contributed by atoms with van der Waals surface area (Å²) in [5.74, 6) is 0.780. The average Bonchev–Trinajstić information content (AvgIpc) is 3.49. The molecule has 0 fully saturated rings. The molecule has 2 heterocycles. The van der Waals surface area contributed by atoms with Gasteiger partial charge in [0.1, 0.15) is 8.07 Å². The van der Waals surface area contributed by atoms with Crippen molar-refractivity contribution in [2.24, 2.45) is 0 Å². The SMILES string of the molecule is C[Si]1(C)c2ccc3ccccc3c2-c2c(-c3ccccc3)nc(-c3cccc(-c4cccc(-c5ccc6c7ccccc7c7ccccc7c6c5)c4)c3)nc21. The van der Waals surface area contributed by atoms with Crippen LogP contribution in [0.2, 0.25) is 13.1 Å². The molecular formula is C52H36N2Si. The molecule has 10 aromatic rings. The molecule has 9 aromatic carbocycles. The smallest absolute Gasteiger partial charge is 0.159 e. The van der Waals surface area contributed by atoms with Crippen LogP contribution in [0.15, 0.2) is 182 Å². The van der Waals surface area contributed by atoms with Crippen LogP contribution < -0.4 is 10.5 Å². The zero-order valence-corrected chi connectivity index (χ0v) is 31.7. The maximum absolute atomic E-state index is 5.51. The Balaban J connectivity index is 1.04. The third-order valence-electron chi connectivity index (χ3n) is 11.8. The number of hydrogen-bond acceptors (Lipinski definition) is 2. The van der Waals surface area contributed by atoms with Crippen LogP contribution in [0.25, 0.3) is 99.1 Å². The van der Waals surface area contributed by atoms with E-state index in [1.807, 2.05) is 0 Å². The normalized spacial score (nSPS) is 13.1. The zero-order chi connectivity index (χ0) is 36.7. The molecular weight excluding hydrogens is 681 g/mol. The van der Waals surface area contributed by atoms with Crippen molar-refractivity contribution in [2.75, 3.05) is 0 Å². The van der Waals surface area contributed by atoms with Gasteiger partial charge in [-0.3, -0.25) is 0 Å². The molecule has 0 amide bonds. The van der Waals surface area contributed by atoms with Gasteiger partial charge in [0.05, 0.1) is 5.69 Å². The highest BCUT2D eigenvalue weighted by molar-refractivity contribution is 7.03. The molecule has 0 N–H and O–H groups in total. The van der Waals surface area contributed by atoms with Crippen molar-refractivity contribution in [3.63, 3.8) is 0 Å². The summed E-state index contributed by atoms with van der Waals surface area (Å²) in [6.07, 6.45) is 0. The van der Waals surface area contributed by atoms with Crippen molar-refractivity contribution in [3.05, 3.63) is 182 Å². The Morgan fingerprint density at radius 3 is 1.53 bits per heavy atom. The van der Waals surface area contributed by atoms with Crippen LogP contribution in [0.3, 0.4) is 0 Å². The number of fused-ring (bicyclic) bond motifs is 11.